The van der Waals surface area contributed by atoms with Crippen LogP contribution in [0.3, 0.4) is 0 Å². The van der Waals surface area contributed by atoms with Crippen molar-refractivity contribution in [3.05, 3.63) is 83.2 Å². The van der Waals surface area contributed by atoms with Gasteiger partial charge in [0, 0.05) is 11.1 Å². The molecule has 144 valence electrons. The van der Waals surface area contributed by atoms with Crippen molar-refractivity contribution in [1.82, 2.24) is 0 Å². The van der Waals surface area contributed by atoms with Gasteiger partial charge in [-0.05, 0) is 105 Å². The van der Waals surface area contributed by atoms with E-state index in [9.17, 15) is 4.39 Å². The van der Waals surface area contributed by atoms with Crippen LogP contribution in [-0.2, 0) is 0 Å². The first-order valence-corrected chi connectivity index (χ1v) is 10.6. The Balaban J connectivity index is 1.41. The van der Waals surface area contributed by atoms with Crippen molar-refractivity contribution in [2.75, 3.05) is 0 Å². The zero-order valence-electron chi connectivity index (χ0n) is 16.8. The highest BCUT2D eigenvalue weighted by Gasteiger charge is 2.35. The molecule has 0 amide bonds. The van der Waals surface area contributed by atoms with E-state index in [0.29, 0.717) is 11.5 Å². The van der Waals surface area contributed by atoms with E-state index < -0.39 is 0 Å². The third-order valence-corrected chi connectivity index (χ3v) is 6.89. The van der Waals surface area contributed by atoms with Gasteiger partial charge in [0.25, 0.3) is 0 Å². The molecule has 1 heteroatoms. The molecule has 2 aliphatic rings. The summed E-state index contributed by atoms with van der Waals surface area (Å²) in [7, 11) is 0. The maximum atomic E-state index is 13.7. The molecular weight excluding hydrogens is 343 g/mol. The van der Waals surface area contributed by atoms with Gasteiger partial charge in [0.1, 0.15) is 5.82 Å². The predicted molar refractivity (Wildman–Crippen MR) is 115 cm³/mol. The third kappa shape index (κ3) is 4.22. The van der Waals surface area contributed by atoms with Crippen LogP contribution in [0.1, 0.15) is 66.7 Å². The number of rotatable bonds is 2. The zero-order valence-corrected chi connectivity index (χ0v) is 16.8. The molecule has 2 aromatic rings. The van der Waals surface area contributed by atoms with Crippen LogP contribution in [0, 0.1) is 42.3 Å². The summed E-state index contributed by atoms with van der Waals surface area (Å²) < 4.78 is 13.7. The van der Waals surface area contributed by atoms with Crippen LogP contribution in [-0.4, -0.2) is 0 Å². The van der Waals surface area contributed by atoms with Crippen molar-refractivity contribution in [3.63, 3.8) is 0 Å². The fraction of sp³-hybridized carbons (Fsp3) is 0.407. The van der Waals surface area contributed by atoms with Crippen molar-refractivity contribution in [1.29, 1.82) is 0 Å². The smallest absolute Gasteiger partial charge is 0.127 e. The van der Waals surface area contributed by atoms with E-state index in [1.54, 1.807) is 13.0 Å². The van der Waals surface area contributed by atoms with Crippen molar-refractivity contribution in [2.45, 2.75) is 51.4 Å². The molecule has 0 N–H and O–H groups in total. The van der Waals surface area contributed by atoms with E-state index in [1.165, 1.54) is 50.2 Å². The van der Waals surface area contributed by atoms with Crippen LogP contribution < -0.4 is 0 Å². The van der Waals surface area contributed by atoms with Crippen molar-refractivity contribution >= 4 is 0 Å². The number of benzene rings is 2. The number of aryl methyl sites for hydroxylation is 1. The molecule has 0 aromatic heterocycles. The third-order valence-electron chi connectivity index (χ3n) is 6.89. The van der Waals surface area contributed by atoms with E-state index in [4.69, 9.17) is 0 Å². The number of halogens is 1. The average molecular weight is 373 g/mol. The minimum Gasteiger partial charge on any atom is -0.207 e. The monoisotopic (exact) mass is 372 g/mol. The molecule has 0 nitrogen and oxygen atoms in total. The Bertz CT molecular complexity index is 896. The fourth-order valence-corrected chi connectivity index (χ4v) is 5.10. The molecule has 4 unspecified atom stereocenters. The molecule has 2 fully saturated rings. The normalized spacial score (nSPS) is 26.6. The van der Waals surface area contributed by atoms with Crippen LogP contribution in [0.2, 0.25) is 0 Å². The largest absolute Gasteiger partial charge is 0.207 e. The molecule has 4 rings (SSSR count). The first-order chi connectivity index (χ1) is 13.6. The lowest BCUT2D eigenvalue weighted by Crippen LogP contribution is -2.29. The number of hydrogen-bond donors (Lipinski definition) is 0. The zero-order chi connectivity index (χ0) is 19.5. The summed E-state index contributed by atoms with van der Waals surface area (Å²) in [6, 6.07) is 13.9. The lowest BCUT2D eigenvalue weighted by Gasteiger charge is -2.41. The first-order valence-electron chi connectivity index (χ1n) is 10.6. The van der Waals surface area contributed by atoms with E-state index in [2.05, 4.69) is 48.8 Å². The Labute approximate surface area is 168 Å². The Morgan fingerprint density at radius 3 is 2.32 bits per heavy atom. The highest BCUT2D eigenvalue weighted by molar-refractivity contribution is 5.44. The summed E-state index contributed by atoms with van der Waals surface area (Å²) in [5, 5.41) is 0. The molecule has 2 aromatic carbocycles. The molecule has 0 aliphatic heterocycles. The lowest BCUT2D eigenvalue weighted by molar-refractivity contribution is 0.133. The molecular formula is C27H29F. The maximum Gasteiger partial charge on any atom is 0.127 e. The van der Waals surface area contributed by atoms with E-state index in [-0.39, 0.29) is 5.82 Å². The molecule has 0 bridgehead atoms. The van der Waals surface area contributed by atoms with Gasteiger partial charge in [-0.1, -0.05) is 36.1 Å². The fourth-order valence-electron chi connectivity index (χ4n) is 5.10. The number of fused-ring (bicyclic) bond motifs is 1. The predicted octanol–water partition coefficient (Wildman–Crippen LogP) is 7.02. The molecule has 0 radical (unpaired) electrons. The highest BCUT2D eigenvalue weighted by atomic mass is 19.1. The molecule has 2 saturated carbocycles. The SMILES string of the molecule is C=CC1CCC2CC(c3ccc(C#Cc4ccc(C)c(F)c4)cc3)CCC2C1. The van der Waals surface area contributed by atoms with Gasteiger partial charge in [0.15, 0.2) is 0 Å². The topological polar surface area (TPSA) is 0 Å². The average Bonchev–Trinajstić information content (AvgIpc) is 2.74. The Kier molecular flexibility index (Phi) is 5.67. The van der Waals surface area contributed by atoms with Crippen LogP contribution in [0.4, 0.5) is 4.39 Å². The Hall–Kier alpha value is -2.33. The second-order valence-corrected chi connectivity index (χ2v) is 8.67. The minimum atomic E-state index is -0.195. The van der Waals surface area contributed by atoms with Crippen molar-refractivity contribution < 1.29 is 4.39 Å². The summed E-state index contributed by atoms with van der Waals surface area (Å²) >= 11 is 0. The van der Waals surface area contributed by atoms with Gasteiger partial charge in [-0.2, -0.15) is 0 Å². The van der Waals surface area contributed by atoms with Crippen molar-refractivity contribution in [3.8, 4) is 11.8 Å². The van der Waals surface area contributed by atoms with E-state index >= 15 is 0 Å². The quantitative estimate of drug-likeness (QED) is 0.392. The van der Waals surface area contributed by atoms with Gasteiger partial charge in [0.2, 0.25) is 0 Å². The van der Waals surface area contributed by atoms with Gasteiger partial charge in [0.05, 0.1) is 0 Å². The Morgan fingerprint density at radius 1 is 0.893 bits per heavy atom. The summed E-state index contributed by atoms with van der Waals surface area (Å²) in [5.41, 5.74) is 3.82. The second-order valence-electron chi connectivity index (χ2n) is 8.67. The summed E-state index contributed by atoms with van der Waals surface area (Å²) in [5.74, 6) is 9.29. The van der Waals surface area contributed by atoms with E-state index in [0.717, 1.165) is 28.9 Å². The van der Waals surface area contributed by atoms with Crippen LogP contribution in [0.25, 0.3) is 0 Å². The minimum absolute atomic E-state index is 0.195. The first kappa shape index (κ1) is 19.0. The molecule has 28 heavy (non-hydrogen) atoms. The second kappa shape index (κ2) is 8.36. The van der Waals surface area contributed by atoms with Gasteiger partial charge in [-0.25, -0.2) is 4.39 Å². The summed E-state index contributed by atoms with van der Waals surface area (Å²) in [4.78, 5) is 0. The number of hydrogen-bond acceptors (Lipinski definition) is 0. The van der Waals surface area contributed by atoms with Gasteiger partial charge < -0.3 is 0 Å². The van der Waals surface area contributed by atoms with Crippen LogP contribution in [0.15, 0.2) is 55.1 Å². The van der Waals surface area contributed by atoms with E-state index in [1.807, 2.05) is 6.07 Å². The van der Waals surface area contributed by atoms with Crippen LogP contribution in [0.5, 0.6) is 0 Å². The highest BCUT2D eigenvalue weighted by Crippen LogP contribution is 2.47. The maximum absolute atomic E-state index is 13.7. The number of allylic oxidation sites excluding steroid dienone is 1. The van der Waals surface area contributed by atoms with Gasteiger partial charge in [-0.3, -0.25) is 0 Å². The summed E-state index contributed by atoms with van der Waals surface area (Å²) in [6.07, 6.45) is 10.2. The summed E-state index contributed by atoms with van der Waals surface area (Å²) in [6.45, 7) is 5.77. The molecule has 4 atom stereocenters. The van der Waals surface area contributed by atoms with Crippen molar-refractivity contribution in [2.24, 2.45) is 17.8 Å². The lowest BCUT2D eigenvalue weighted by atomic mass is 9.64. The Morgan fingerprint density at radius 2 is 1.57 bits per heavy atom. The molecule has 0 heterocycles. The molecule has 0 spiro atoms. The van der Waals surface area contributed by atoms with Gasteiger partial charge in [-0.15, -0.1) is 6.58 Å². The standard InChI is InChI=1S/C27H29F/c1-3-20-8-13-26-18-25(15-14-24(26)16-20)23-11-9-21(10-12-23)6-7-22-5-4-19(2)27(28)17-22/h3-5,9-12,17,20,24-26H,1,8,13-16,18H2,2H3. The molecule has 0 saturated heterocycles. The van der Waals surface area contributed by atoms with Crippen LogP contribution >= 0.6 is 0 Å². The van der Waals surface area contributed by atoms with Gasteiger partial charge >= 0.3 is 0 Å². The molecule has 2 aliphatic carbocycles.